The molecule has 1 unspecified atom stereocenters. The minimum atomic E-state index is 0.230. The smallest absolute Gasteiger partial charge is 0.224 e. The normalized spacial score (nSPS) is 34.8. The summed E-state index contributed by atoms with van der Waals surface area (Å²) in [6.45, 7) is 4.40. The molecule has 3 saturated carbocycles. The van der Waals surface area contributed by atoms with Gasteiger partial charge in [0.25, 0.3) is 0 Å². The average molecular weight is 221 g/mol. The first-order chi connectivity index (χ1) is 7.54. The standard InChI is InChI=1S/C14H23NO/c1-13(2)9-11(13)12(16)15-14(7-4-8-14)10-5-3-6-10/h10-11H,3-9H2,1-2H3,(H,15,16). The molecule has 0 aromatic carbocycles. The van der Waals surface area contributed by atoms with Gasteiger partial charge in [0.15, 0.2) is 0 Å². The number of hydrogen-bond acceptors (Lipinski definition) is 1. The van der Waals surface area contributed by atoms with Crippen LogP contribution in [0.25, 0.3) is 0 Å². The zero-order valence-electron chi connectivity index (χ0n) is 10.5. The summed E-state index contributed by atoms with van der Waals surface area (Å²) in [7, 11) is 0. The summed E-state index contributed by atoms with van der Waals surface area (Å²) in [5, 5.41) is 3.41. The molecule has 0 aromatic heterocycles. The Morgan fingerprint density at radius 2 is 1.81 bits per heavy atom. The first-order valence-corrected chi connectivity index (χ1v) is 6.86. The van der Waals surface area contributed by atoms with Crippen LogP contribution in [0.3, 0.4) is 0 Å². The SMILES string of the molecule is CC1(C)CC1C(=O)NC1(C2CCC2)CCC1. The maximum absolute atomic E-state index is 12.2. The van der Waals surface area contributed by atoms with Gasteiger partial charge >= 0.3 is 0 Å². The highest BCUT2D eigenvalue weighted by molar-refractivity contribution is 5.83. The van der Waals surface area contributed by atoms with Crippen LogP contribution >= 0.6 is 0 Å². The van der Waals surface area contributed by atoms with Crippen molar-refractivity contribution in [3.05, 3.63) is 0 Å². The van der Waals surface area contributed by atoms with Gasteiger partial charge in [0.05, 0.1) is 0 Å². The second-order valence-electron chi connectivity index (χ2n) is 6.87. The number of hydrogen-bond donors (Lipinski definition) is 1. The highest BCUT2D eigenvalue weighted by Gasteiger charge is 2.54. The van der Waals surface area contributed by atoms with Crippen LogP contribution in [0.1, 0.15) is 58.8 Å². The third-order valence-corrected chi connectivity index (χ3v) is 5.33. The lowest BCUT2D eigenvalue weighted by Crippen LogP contribution is -2.60. The van der Waals surface area contributed by atoms with Gasteiger partial charge in [-0.1, -0.05) is 20.3 Å². The van der Waals surface area contributed by atoms with Gasteiger partial charge < -0.3 is 5.32 Å². The lowest BCUT2D eigenvalue weighted by Gasteiger charge is -2.52. The lowest BCUT2D eigenvalue weighted by atomic mass is 9.60. The Labute approximate surface area is 98.2 Å². The predicted molar refractivity (Wildman–Crippen MR) is 64.0 cm³/mol. The molecule has 3 fully saturated rings. The predicted octanol–water partition coefficient (Wildman–Crippen LogP) is 2.87. The van der Waals surface area contributed by atoms with E-state index in [0.717, 1.165) is 12.3 Å². The van der Waals surface area contributed by atoms with E-state index in [-0.39, 0.29) is 11.0 Å². The molecule has 0 aliphatic heterocycles. The molecule has 90 valence electrons. The number of nitrogens with one attached hydrogen (secondary N) is 1. The Balaban J connectivity index is 1.62. The largest absolute Gasteiger partial charge is 0.350 e. The number of rotatable bonds is 3. The molecule has 0 spiro atoms. The van der Waals surface area contributed by atoms with Crippen molar-refractivity contribution in [1.82, 2.24) is 5.32 Å². The number of carbonyl (C=O) groups is 1. The van der Waals surface area contributed by atoms with Crippen LogP contribution in [-0.2, 0) is 4.79 Å². The minimum absolute atomic E-state index is 0.230. The molecular formula is C14H23NO. The molecule has 1 amide bonds. The molecule has 2 heteroatoms. The molecule has 0 aromatic rings. The molecule has 1 N–H and O–H groups in total. The molecule has 16 heavy (non-hydrogen) atoms. The van der Waals surface area contributed by atoms with Crippen LogP contribution < -0.4 is 5.32 Å². The van der Waals surface area contributed by atoms with E-state index >= 15 is 0 Å². The fraction of sp³-hybridized carbons (Fsp3) is 0.929. The first kappa shape index (κ1) is 10.6. The third kappa shape index (κ3) is 1.49. The maximum Gasteiger partial charge on any atom is 0.224 e. The molecule has 0 bridgehead atoms. The summed E-state index contributed by atoms with van der Waals surface area (Å²) in [5.41, 5.74) is 0.503. The number of amides is 1. The van der Waals surface area contributed by atoms with Crippen LogP contribution in [0.2, 0.25) is 0 Å². The molecule has 3 aliphatic rings. The highest BCUT2D eigenvalue weighted by Crippen LogP contribution is 2.53. The molecule has 2 nitrogen and oxygen atoms in total. The van der Waals surface area contributed by atoms with Crippen LogP contribution in [0.5, 0.6) is 0 Å². The quantitative estimate of drug-likeness (QED) is 0.780. The topological polar surface area (TPSA) is 29.1 Å². The summed E-state index contributed by atoms with van der Waals surface area (Å²) in [6.07, 6.45) is 8.91. The van der Waals surface area contributed by atoms with Gasteiger partial charge in [-0.05, 0) is 49.9 Å². The van der Waals surface area contributed by atoms with E-state index in [1.165, 1.54) is 38.5 Å². The summed E-state index contributed by atoms with van der Waals surface area (Å²) in [6, 6.07) is 0. The van der Waals surface area contributed by atoms with Crippen LogP contribution in [0.4, 0.5) is 0 Å². The van der Waals surface area contributed by atoms with Crippen molar-refractivity contribution in [2.24, 2.45) is 17.3 Å². The highest BCUT2D eigenvalue weighted by atomic mass is 16.2. The maximum atomic E-state index is 12.2. The summed E-state index contributed by atoms with van der Waals surface area (Å²) in [5.74, 6) is 1.44. The van der Waals surface area contributed by atoms with E-state index in [0.29, 0.717) is 11.8 Å². The Hall–Kier alpha value is -0.530. The van der Waals surface area contributed by atoms with Crippen molar-refractivity contribution in [2.75, 3.05) is 0 Å². The Bertz CT molecular complexity index is 313. The first-order valence-electron chi connectivity index (χ1n) is 6.86. The number of carbonyl (C=O) groups excluding carboxylic acids is 1. The van der Waals surface area contributed by atoms with Crippen LogP contribution in [0.15, 0.2) is 0 Å². The van der Waals surface area contributed by atoms with Gasteiger partial charge in [-0.3, -0.25) is 4.79 Å². The molecule has 0 heterocycles. The van der Waals surface area contributed by atoms with E-state index < -0.39 is 0 Å². The van der Waals surface area contributed by atoms with Gasteiger partial charge in [0, 0.05) is 11.5 Å². The van der Waals surface area contributed by atoms with Crippen LogP contribution in [0, 0.1) is 17.3 Å². The van der Waals surface area contributed by atoms with E-state index in [1.54, 1.807) is 0 Å². The van der Waals surface area contributed by atoms with Crippen molar-refractivity contribution in [2.45, 2.75) is 64.3 Å². The Morgan fingerprint density at radius 1 is 1.19 bits per heavy atom. The lowest BCUT2D eigenvalue weighted by molar-refractivity contribution is -0.128. The van der Waals surface area contributed by atoms with Crippen molar-refractivity contribution in [3.8, 4) is 0 Å². The zero-order valence-corrected chi connectivity index (χ0v) is 10.5. The van der Waals surface area contributed by atoms with Crippen molar-refractivity contribution in [3.63, 3.8) is 0 Å². The summed E-state index contributed by atoms with van der Waals surface area (Å²) < 4.78 is 0. The van der Waals surface area contributed by atoms with Crippen molar-refractivity contribution >= 4 is 5.91 Å². The second-order valence-corrected chi connectivity index (χ2v) is 6.87. The van der Waals surface area contributed by atoms with Gasteiger partial charge in [0.1, 0.15) is 0 Å². The molecule has 3 rings (SSSR count). The molecule has 0 radical (unpaired) electrons. The van der Waals surface area contributed by atoms with E-state index in [1.807, 2.05) is 0 Å². The second kappa shape index (κ2) is 3.24. The molecular weight excluding hydrogens is 198 g/mol. The minimum Gasteiger partial charge on any atom is -0.350 e. The Kier molecular flexibility index (Phi) is 2.15. The fourth-order valence-electron chi connectivity index (χ4n) is 3.40. The summed E-state index contributed by atoms with van der Waals surface area (Å²) >= 11 is 0. The van der Waals surface area contributed by atoms with Gasteiger partial charge in [-0.2, -0.15) is 0 Å². The third-order valence-electron chi connectivity index (χ3n) is 5.33. The summed E-state index contributed by atoms with van der Waals surface area (Å²) in [4.78, 5) is 12.2. The zero-order chi connectivity index (χ0) is 11.4. The molecule has 0 saturated heterocycles. The molecule has 3 aliphatic carbocycles. The van der Waals surface area contributed by atoms with Gasteiger partial charge in [-0.15, -0.1) is 0 Å². The molecule has 1 atom stereocenters. The van der Waals surface area contributed by atoms with E-state index in [9.17, 15) is 4.79 Å². The Morgan fingerprint density at radius 3 is 2.12 bits per heavy atom. The van der Waals surface area contributed by atoms with E-state index in [4.69, 9.17) is 0 Å². The fourth-order valence-corrected chi connectivity index (χ4v) is 3.40. The van der Waals surface area contributed by atoms with Gasteiger partial charge in [0.2, 0.25) is 5.91 Å². The van der Waals surface area contributed by atoms with E-state index in [2.05, 4.69) is 19.2 Å². The van der Waals surface area contributed by atoms with Crippen molar-refractivity contribution < 1.29 is 4.79 Å². The van der Waals surface area contributed by atoms with Gasteiger partial charge in [-0.25, -0.2) is 0 Å². The van der Waals surface area contributed by atoms with Crippen molar-refractivity contribution in [1.29, 1.82) is 0 Å². The monoisotopic (exact) mass is 221 g/mol. The van der Waals surface area contributed by atoms with Crippen LogP contribution in [-0.4, -0.2) is 11.4 Å². The average Bonchev–Trinajstić information content (AvgIpc) is 2.67.